The van der Waals surface area contributed by atoms with E-state index in [2.05, 4.69) is 0 Å². The largest absolute Gasteiger partial charge is 0.416 e. The topological polar surface area (TPSA) is 63.4 Å². The number of primary amides is 1. The van der Waals surface area contributed by atoms with Gasteiger partial charge in [0.05, 0.1) is 11.1 Å². The minimum Gasteiger partial charge on any atom is -0.370 e. The van der Waals surface area contributed by atoms with Crippen molar-refractivity contribution in [2.24, 2.45) is 5.73 Å². The van der Waals surface area contributed by atoms with Crippen molar-refractivity contribution in [3.05, 3.63) is 69.7 Å². The van der Waals surface area contributed by atoms with Crippen molar-refractivity contribution >= 4 is 23.4 Å². The third-order valence-corrected chi connectivity index (χ3v) is 4.78. The molecule has 4 nitrogen and oxygen atoms in total. The molecule has 0 radical (unpaired) electrons. The summed E-state index contributed by atoms with van der Waals surface area (Å²) in [4.78, 5) is 25.2. The molecular formula is C20H17ClF6N2O2. The first-order chi connectivity index (χ1) is 14.2. The van der Waals surface area contributed by atoms with Gasteiger partial charge in [-0.3, -0.25) is 9.59 Å². The van der Waals surface area contributed by atoms with Crippen LogP contribution >= 0.6 is 11.6 Å². The van der Waals surface area contributed by atoms with Gasteiger partial charge in [-0.15, -0.1) is 0 Å². The number of nitrogens with two attached hydrogens (primary N) is 1. The van der Waals surface area contributed by atoms with Gasteiger partial charge in [0.15, 0.2) is 0 Å². The number of rotatable bonds is 6. The summed E-state index contributed by atoms with van der Waals surface area (Å²) in [5.74, 6) is -1.91. The second-order valence-electron chi connectivity index (χ2n) is 6.87. The molecule has 1 unspecified atom stereocenters. The highest BCUT2D eigenvalue weighted by atomic mass is 35.5. The van der Waals surface area contributed by atoms with Gasteiger partial charge in [-0.05, 0) is 42.3 Å². The van der Waals surface area contributed by atoms with Gasteiger partial charge in [0.25, 0.3) is 5.91 Å². The fourth-order valence-electron chi connectivity index (χ4n) is 2.92. The first-order valence-corrected chi connectivity index (χ1v) is 9.15. The lowest BCUT2D eigenvalue weighted by molar-refractivity contribution is -0.143. The van der Waals surface area contributed by atoms with Crippen LogP contribution in [-0.2, 0) is 23.6 Å². The molecule has 0 aliphatic rings. The summed E-state index contributed by atoms with van der Waals surface area (Å²) in [6.45, 7) is 0. The zero-order chi connectivity index (χ0) is 23.6. The first-order valence-electron chi connectivity index (χ1n) is 8.78. The van der Waals surface area contributed by atoms with Crippen molar-refractivity contribution in [3.8, 4) is 0 Å². The Bertz CT molecular complexity index is 925. The normalized spacial score (nSPS) is 13.0. The van der Waals surface area contributed by atoms with E-state index in [0.717, 1.165) is 4.90 Å². The van der Waals surface area contributed by atoms with E-state index in [9.17, 15) is 35.9 Å². The number of alkyl halides is 6. The quantitative estimate of drug-likeness (QED) is 0.613. The minimum absolute atomic E-state index is 0.0641. The maximum Gasteiger partial charge on any atom is 0.416 e. The molecule has 11 heteroatoms. The molecule has 0 saturated heterocycles. The minimum atomic E-state index is -5.09. The van der Waals surface area contributed by atoms with Gasteiger partial charge in [0.2, 0.25) is 5.91 Å². The highest BCUT2D eigenvalue weighted by molar-refractivity contribution is 6.30. The van der Waals surface area contributed by atoms with E-state index in [4.69, 9.17) is 17.3 Å². The summed E-state index contributed by atoms with van der Waals surface area (Å²) < 4.78 is 78.5. The van der Waals surface area contributed by atoms with Crippen LogP contribution in [-0.4, -0.2) is 29.8 Å². The van der Waals surface area contributed by atoms with E-state index < -0.39 is 46.9 Å². The molecule has 0 saturated carbocycles. The molecule has 1 atom stereocenters. The number of halogens is 7. The van der Waals surface area contributed by atoms with Crippen LogP contribution in [0.3, 0.4) is 0 Å². The number of carbonyl (C=O) groups is 2. The van der Waals surface area contributed by atoms with Gasteiger partial charge < -0.3 is 10.6 Å². The third-order valence-electron chi connectivity index (χ3n) is 4.52. The molecule has 0 spiro atoms. The maximum atomic E-state index is 13.1. The zero-order valence-electron chi connectivity index (χ0n) is 16.0. The van der Waals surface area contributed by atoms with Crippen LogP contribution in [0.25, 0.3) is 0 Å². The molecule has 0 aliphatic carbocycles. The molecule has 0 heterocycles. The molecule has 31 heavy (non-hydrogen) atoms. The molecule has 2 rings (SSSR count). The van der Waals surface area contributed by atoms with Crippen LogP contribution in [0, 0.1) is 0 Å². The molecule has 0 fully saturated rings. The summed E-state index contributed by atoms with van der Waals surface area (Å²) in [5.41, 5.74) is 1.82. The van der Waals surface area contributed by atoms with E-state index in [0.29, 0.717) is 22.7 Å². The Morgan fingerprint density at radius 3 is 1.87 bits per heavy atom. The molecule has 2 aromatic rings. The average molecular weight is 467 g/mol. The van der Waals surface area contributed by atoms with E-state index in [1.165, 1.54) is 7.05 Å². The first kappa shape index (κ1) is 24.5. The van der Waals surface area contributed by atoms with E-state index in [1.807, 2.05) is 0 Å². The van der Waals surface area contributed by atoms with Gasteiger partial charge in [0, 0.05) is 30.1 Å². The summed E-state index contributed by atoms with van der Waals surface area (Å²) >= 11 is 5.81. The van der Waals surface area contributed by atoms with Crippen molar-refractivity contribution in [1.29, 1.82) is 0 Å². The lowest BCUT2D eigenvalue weighted by Crippen LogP contribution is -2.41. The molecule has 0 aliphatic heterocycles. The molecule has 168 valence electrons. The number of amides is 2. The highest BCUT2D eigenvalue weighted by Crippen LogP contribution is 2.36. The van der Waals surface area contributed by atoms with Crippen LogP contribution in [0.4, 0.5) is 26.3 Å². The van der Waals surface area contributed by atoms with Crippen LogP contribution < -0.4 is 5.73 Å². The molecule has 2 N–H and O–H groups in total. The van der Waals surface area contributed by atoms with Crippen molar-refractivity contribution in [3.63, 3.8) is 0 Å². The van der Waals surface area contributed by atoms with Gasteiger partial charge in [-0.2, -0.15) is 26.3 Å². The van der Waals surface area contributed by atoms with Crippen LogP contribution in [0.15, 0.2) is 42.5 Å². The Morgan fingerprint density at radius 1 is 0.968 bits per heavy atom. The lowest BCUT2D eigenvalue weighted by atomic mass is 9.99. The lowest BCUT2D eigenvalue weighted by Gasteiger charge is -2.28. The number of carbonyl (C=O) groups excluding carboxylic acids is 2. The SMILES string of the molecule is CN(C(=O)c1cc(C(F)(F)F)cc(C(F)(F)F)c1)C(CC(N)=O)Cc1ccc(Cl)cc1. The van der Waals surface area contributed by atoms with Gasteiger partial charge in [-0.25, -0.2) is 0 Å². The van der Waals surface area contributed by atoms with Gasteiger partial charge in [0.1, 0.15) is 0 Å². The Labute approximate surface area is 178 Å². The van der Waals surface area contributed by atoms with Crippen molar-refractivity contribution < 1.29 is 35.9 Å². The smallest absolute Gasteiger partial charge is 0.370 e. The van der Waals surface area contributed by atoms with Crippen LogP contribution in [0.1, 0.15) is 33.5 Å². The maximum absolute atomic E-state index is 13.1. The average Bonchev–Trinajstić information content (AvgIpc) is 2.66. The fourth-order valence-corrected chi connectivity index (χ4v) is 3.04. The fraction of sp³-hybridized carbons (Fsp3) is 0.300. The van der Waals surface area contributed by atoms with Crippen molar-refractivity contribution in [2.75, 3.05) is 7.05 Å². The van der Waals surface area contributed by atoms with Crippen molar-refractivity contribution in [1.82, 2.24) is 4.90 Å². The number of benzene rings is 2. The number of hydrogen-bond acceptors (Lipinski definition) is 2. The molecule has 2 amide bonds. The van der Waals surface area contributed by atoms with E-state index >= 15 is 0 Å². The highest BCUT2D eigenvalue weighted by Gasteiger charge is 2.38. The summed E-state index contributed by atoms with van der Waals surface area (Å²) in [6, 6.07) is 6.06. The predicted octanol–water partition coefficient (Wildman–Crippen LogP) is 4.94. The molecule has 0 aromatic heterocycles. The van der Waals surface area contributed by atoms with E-state index in [-0.39, 0.29) is 18.9 Å². The monoisotopic (exact) mass is 466 g/mol. The Morgan fingerprint density at radius 2 is 1.45 bits per heavy atom. The second kappa shape index (κ2) is 9.17. The zero-order valence-corrected chi connectivity index (χ0v) is 16.8. The second-order valence-corrected chi connectivity index (χ2v) is 7.30. The summed E-state index contributed by atoms with van der Waals surface area (Å²) in [6.07, 6.45) is -10.5. The van der Waals surface area contributed by atoms with Crippen LogP contribution in [0.2, 0.25) is 5.02 Å². The molecule has 0 bridgehead atoms. The number of nitrogens with zero attached hydrogens (tertiary/aromatic N) is 1. The Kier molecular flexibility index (Phi) is 7.25. The third kappa shape index (κ3) is 6.61. The van der Waals surface area contributed by atoms with Crippen LogP contribution in [0.5, 0.6) is 0 Å². The summed E-state index contributed by atoms with van der Waals surface area (Å²) in [5, 5.41) is 0.434. The van der Waals surface area contributed by atoms with Gasteiger partial charge in [-0.1, -0.05) is 23.7 Å². The Balaban J connectivity index is 2.43. The van der Waals surface area contributed by atoms with E-state index in [1.54, 1.807) is 24.3 Å². The number of hydrogen-bond donors (Lipinski definition) is 1. The molecule has 2 aromatic carbocycles. The summed E-state index contributed by atoms with van der Waals surface area (Å²) in [7, 11) is 1.18. The van der Waals surface area contributed by atoms with Gasteiger partial charge >= 0.3 is 12.4 Å². The standard InChI is InChI=1S/C20H17ClF6N2O2/c1-29(16(10-17(28)30)6-11-2-4-15(21)5-3-11)18(31)12-7-13(19(22,23)24)9-14(8-12)20(25,26)27/h2-5,7-9,16H,6,10H2,1H3,(H2,28,30). The number of likely N-dealkylation sites (N-methyl/N-ethyl adjacent to an activating group) is 1. The predicted molar refractivity (Wildman–Crippen MR) is 101 cm³/mol. The van der Waals surface area contributed by atoms with Crippen molar-refractivity contribution in [2.45, 2.75) is 31.2 Å². The Hall–Kier alpha value is -2.75. The molecular weight excluding hydrogens is 450 g/mol.